The maximum Gasteiger partial charge on any atom is 0.0757 e. The Morgan fingerprint density at radius 2 is 0.909 bits per heavy atom. The maximum atomic E-state index is 2.27. The zero-order chi connectivity index (χ0) is 7.33. The topological polar surface area (TPSA) is 35.0 Å². The van der Waals surface area contributed by atoms with Gasteiger partial charge in [-0.2, -0.15) is 0 Å². The van der Waals surface area contributed by atoms with Crippen LogP contribution in [0.2, 0.25) is 0 Å². The van der Waals surface area contributed by atoms with Gasteiger partial charge in [0.25, 0.3) is 0 Å². The Balaban J connectivity index is -0.000000320. The van der Waals surface area contributed by atoms with E-state index in [1.807, 2.05) is 0 Å². The van der Waals surface area contributed by atoms with Gasteiger partial charge in [-0.15, -0.1) is 12.4 Å². The van der Waals surface area contributed by atoms with Crippen molar-refractivity contribution in [3.63, 3.8) is 0 Å². The third-order valence-corrected chi connectivity index (χ3v) is 2.68. The quantitative estimate of drug-likeness (QED) is 0.668. The molecule has 0 aliphatic rings. The predicted octanol–water partition coefficient (Wildman–Crippen LogP) is 2.47. The zero-order valence-electron chi connectivity index (χ0n) is 8.39. The van der Waals surface area contributed by atoms with Crippen molar-refractivity contribution in [2.75, 3.05) is 26.2 Å². The van der Waals surface area contributed by atoms with E-state index in [0.29, 0.717) is 0 Å². The minimum atomic E-state index is 0. The van der Waals surface area contributed by atoms with E-state index in [1.165, 1.54) is 30.7 Å². The molecule has 0 heterocycles. The number of halogens is 1. The summed E-state index contributed by atoms with van der Waals surface area (Å²) in [5, 5.41) is 0. The number of quaternary nitrogens is 1. The summed E-state index contributed by atoms with van der Waals surface area (Å²) in [7, 11) is 0. The highest BCUT2D eigenvalue weighted by Gasteiger charge is 2.16. The SMILES string of the molecule is CC[N+](CC)(CC)CC.Cl.N. The first kappa shape index (κ1) is 17.3. The summed E-state index contributed by atoms with van der Waals surface area (Å²) >= 11 is 0. The molecule has 0 aromatic carbocycles. The molecule has 3 heteroatoms. The van der Waals surface area contributed by atoms with Gasteiger partial charge in [-0.05, 0) is 27.7 Å². The lowest BCUT2D eigenvalue weighted by molar-refractivity contribution is -0.921. The van der Waals surface area contributed by atoms with E-state index in [2.05, 4.69) is 27.7 Å². The second-order valence-electron chi connectivity index (χ2n) is 2.61. The molecule has 0 rings (SSSR count). The molecule has 0 unspecified atom stereocenters. The third kappa shape index (κ3) is 4.62. The van der Waals surface area contributed by atoms with E-state index >= 15 is 0 Å². The minimum absolute atomic E-state index is 0. The van der Waals surface area contributed by atoms with E-state index < -0.39 is 0 Å². The highest BCUT2D eigenvalue weighted by Crippen LogP contribution is 2.03. The van der Waals surface area contributed by atoms with Gasteiger partial charge in [0.1, 0.15) is 0 Å². The number of hydrogen-bond acceptors (Lipinski definition) is 1. The number of rotatable bonds is 4. The van der Waals surface area contributed by atoms with Crippen LogP contribution in [0.3, 0.4) is 0 Å². The lowest BCUT2D eigenvalue weighted by Crippen LogP contribution is -2.47. The average Bonchev–Trinajstić information content (AvgIpc) is 1.95. The molecule has 0 aliphatic carbocycles. The lowest BCUT2D eigenvalue weighted by Gasteiger charge is -2.34. The van der Waals surface area contributed by atoms with Gasteiger partial charge in [-0.25, -0.2) is 0 Å². The Morgan fingerprint density at radius 1 is 0.727 bits per heavy atom. The van der Waals surface area contributed by atoms with E-state index in [9.17, 15) is 0 Å². The molecule has 0 aliphatic heterocycles. The summed E-state index contributed by atoms with van der Waals surface area (Å²) in [6.45, 7) is 14.2. The number of hydrogen-bond donors (Lipinski definition) is 1. The van der Waals surface area contributed by atoms with Gasteiger partial charge in [0, 0.05) is 0 Å². The van der Waals surface area contributed by atoms with Crippen LogP contribution in [0.4, 0.5) is 0 Å². The molecule has 0 radical (unpaired) electrons. The normalized spacial score (nSPS) is 9.82. The lowest BCUT2D eigenvalue weighted by atomic mass is 10.3. The van der Waals surface area contributed by atoms with Gasteiger partial charge < -0.3 is 10.6 Å². The molecule has 0 spiro atoms. The van der Waals surface area contributed by atoms with Crippen LogP contribution in [-0.4, -0.2) is 30.7 Å². The molecule has 0 bridgehead atoms. The summed E-state index contributed by atoms with van der Waals surface area (Å²) in [4.78, 5) is 0. The molecular formula is C8H24ClN2+. The zero-order valence-corrected chi connectivity index (χ0v) is 9.21. The first-order valence-corrected chi connectivity index (χ1v) is 4.09. The molecule has 0 aromatic heterocycles. The van der Waals surface area contributed by atoms with Crippen molar-refractivity contribution in [3.05, 3.63) is 0 Å². The van der Waals surface area contributed by atoms with Crippen LogP contribution in [0, 0.1) is 0 Å². The molecule has 72 valence electrons. The summed E-state index contributed by atoms with van der Waals surface area (Å²) in [6.07, 6.45) is 0. The minimum Gasteiger partial charge on any atom is -0.344 e. The van der Waals surface area contributed by atoms with Crippen LogP contribution in [0.5, 0.6) is 0 Å². The van der Waals surface area contributed by atoms with Crippen LogP contribution in [0.25, 0.3) is 0 Å². The molecule has 0 saturated heterocycles. The Bertz CT molecular complexity index is 55.0. The summed E-state index contributed by atoms with van der Waals surface area (Å²) in [6, 6.07) is 0. The van der Waals surface area contributed by atoms with Crippen LogP contribution in [0.15, 0.2) is 0 Å². The molecule has 0 fully saturated rings. The van der Waals surface area contributed by atoms with Crippen molar-refractivity contribution in [1.29, 1.82) is 0 Å². The molecular weight excluding hydrogens is 160 g/mol. The second kappa shape index (κ2) is 8.31. The Kier molecular flexibility index (Phi) is 13.1. The Morgan fingerprint density at radius 3 is 0.909 bits per heavy atom. The monoisotopic (exact) mass is 183 g/mol. The largest absolute Gasteiger partial charge is 0.344 e. The van der Waals surface area contributed by atoms with Gasteiger partial charge in [-0.1, -0.05) is 0 Å². The van der Waals surface area contributed by atoms with Crippen molar-refractivity contribution >= 4 is 12.4 Å². The van der Waals surface area contributed by atoms with Crippen molar-refractivity contribution in [3.8, 4) is 0 Å². The van der Waals surface area contributed by atoms with E-state index in [-0.39, 0.29) is 18.6 Å². The molecule has 11 heavy (non-hydrogen) atoms. The van der Waals surface area contributed by atoms with Crippen molar-refractivity contribution in [1.82, 2.24) is 6.15 Å². The van der Waals surface area contributed by atoms with Gasteiger partial charge >= 0.3 is 0 Å². The van der Waals surface area contributed by atoms with E-state index in [1.54, 1.807) is 0 Å². The fraction of sp³-hybridized carbons (Fsp3) is 1.00. The molecule has 3 N–H and O–H groups in total. The third-order valence-electron chi connectivity index (χ3n) is 2.68. The fourth-order valence-corrected chi connectivity index (χ4v) is 1.34. The smallest absolute Gasteiger partial charge is 0.0757 e. The molecule has 0 amide bonds. The van der Waals surface area contributed by atoms with E-state index in [4.69, 9.17) is 0 Å². The summed E-state index contributed by atoms with van der Waals surface area (Å²) in [5.41, 5.74) is 0. The van der Waals surface area contributed by atoms with Gasteiger partial charge in [0.2, 0.25) is 0 Å². The van der Waals surface area contributed by atoms with Gasteiger partial charge in [0.15, 0.2) is 0 Å². The Hall–Kier alpha value is 0.210. The standard InChI is InChI=1S/C8H20N.ClH.H3N/c1-5-9(6-2,7-3)8-4;;/h5-8H2,1-4H3;1H;1H3/q+1;;. The summed E-state index contributed by atoms with van der Waals surface area (Å²) in [5.74, 6) is 0. The molecule has 0 aromatic rings. The number of nitrogens with zero attached hydrogens (tertiary/aromatic N) is 1. The predicted molar refractivity (Wildman–Crippen MR) is 54.7 cm³/mol. The Labute approximate surface area is 77.6 Å². The molecule has 2 nitrogen and oxygen atoms in total. The highest BCUT2D eigenvalue weighted by molar-refractivity contribution is 5.85. The molecule has 0 saturated carbocycles. The van der Waals surface area contributed by atoms with Crippen LogP contribution >= 0.6 is 12.4 Å². The second-order valence-corrected chi connectivity index (χ2v) is 2.61. The van der Waals surface area contributed by atoms with Crippen LogP contribution in [-0.2, 0) is 0 Å². The van der Waals surface area contributed by atoms with Crippen LogP contribution < -0.4 is 6.15 Å². The van der Waals surface area contributed by atoms with Crippen LogP contribution in [0.1, 0.15) is 27.7 Å². The van der Waals surface area contributed by atoms with Gasteiger partial charge in [-0.3, -0.25) is 0 Å². The maximum absolute atomic E-state index is 2.27. The van der Waals surface area contributed by atoms with Crippen molar-refractivity contribution in [2.45, 2.75) is 27.7 Å². The molecule has 0 atom stereocenters. The average molecular weight is 184 g/mol. The first-order chi connectivity index (χ1) is 4.24. The van der Waals surface area contributed by atoms with Crippen molar-refractivity contribution in [2.24, 2.45) is 0 Å². The van der Waals surface area contributed by atoms with Crippen molar-refractivity contribution < 1.29 is 4.48 Å². The van der Waals surface area contributed by atoms with Gasteiger partial charge in [0.05, 0.1) is 26.2 Å². The first-order valence-electron chi connectivity index (χ1n) is 4.09. The summed E-state index contributed by atoms with van der Waals surface area (Å²) < 4.78 is 1.28. The fourth-order valence-electron chi connectivity index (χ4n) is 1.34. The van der Waals surface area contributed by atoms with E-state index in [0.717, 1.165) is 0 Å². The highest BCUT2D eigenvalue weighted by atomic mass is 35.5.